The number of benzene rings is 1. The molecule has 0 spiro atoms. The normalized spacial score (nSPS) is 19.7. The van der Waals surface area contributed by atoms with Crippen molar-refractivity contribution in [3.8, 4) is 11.5 Å². The lowest BCUT2D eigenvalue weighted by Gasteiger charge is -2.30. The second-order valence-corrected chi connectivity index (χ2v) is 4.90. The zero-order chi connectivity index (χ0) is 15.5. The van der Waals surface area contributed by atoms with Gasteiger partial charge in [0.05, 0.1) is 0 Å². The lowest BCUT2D eigenvalue weighted by atomic mass is 10.1. The number of hydrogen-bond donors (Lipinski definition) is 2. The van der Waals surface area contributed by atoms with E-state index < -0.39 is 6.10 Å². The summed E-state index contributed by atoms with van der Waals surface area (Å²) in [5.41, 5.74) is 5.35. The predicted octanol–water partition coefficient (Wildman–Crippen LogP) is 0.539. The number of nitrogens with one attached hydrogen (secondary N) is 1. The first kappa shape index (κ1) is 14.2. The maximum absolute atomic E-state index is 12.2. The topological polar surface area (TPSA) is 112 Å². The number of rotatable bonds is 4. The van der Waals surface area contributed by atoms with Crippen LogP contribution in [-0.2, 0) is 11.2 Å². The van der Waals surface area contributed by atoms with Gasteiger partial charge in [0, 0.05) is 13.0 Å². The summed E-state index contributed by atoms with van der Waals surface area (Å²) in [4.78, 5) is 16.1. The Morgan fingerprint density at radius 1 is 1.32 bits per heavy atom. The summed E-state index contributed by atoms with van der Waals surface area (Å²) >= 11 is 0. The number of nitrogens with zero attached hydrogens (tertiary/aromatic N) is 2. The lowest BCUT2D eigenvalue weighted by molar-refractivity contribution is -0.133. The number of carbonyl (C=O) groups excluding carboxylic acids is 1. The summed E-state index contributed by atoms with van der Waals surface area (Å²) in [6, 6.07) is 7.25. The van der Waals surface area contributed by atoms with Crippen molar-refractivity contribution >= 4 is 11.9 Å². The fourth-order valence-electron chi connectivity index (χ4n) is 2.17. The van der Waals surface area contributed by atoms with Gasteiger partial charge in [-0.05, 0) is 24.2 Å². The smallest absolute Gasteiger partial charge is 0.265 e. The zero-order valence-electron chi connectivity index (χ0n) is 12.0. The Hall–Kier alpha value is -2.77. The molecule has 1 amide bonds. The van der Waals surface area contributed by atoms with E-state index >= 15 is 0 Å². The van der Waals surface area contributed by atoms with Gasteiger partial charge in [-0.1, -0.05) is 12.1 Å². The molecule has 8 nitrogen and oxygen atoms in total. The molecule has 2 heterocycles. The minimum absolute atomic E-state index is 0.0792. The van der Waals surface area contributed by atoms with E-state index in [0.717, 1.165) is 0 Å². The van der Waals surface area contributed by atoms with Crippen LogP contribution in [0.25, 0.3) is 0 Å². The van der Waals surface area contributed by atoms with Gasteiger partial charge in [-0.2, -0.15) is 4.98 Å². The predicted molar refractivity (Wildman–Crippen MR) is 76.4 cm³/mol. The molecule has 116 valence electrons. The standard InChI is InChI=1S/C14H16N4O4/c1-8-12(21-10-5-3-2-4-9(10)20-8)13(19)16-7-6-11-17-14(15)18-22-11/h2-5,8,12H,6-7H2,1H3,(H2,15,18)(H,16,19)/t8-,12-/m1/s1. The second-order valence-electron chi connectivity index (χ2n) is 4.90. The van der Waals surface area contributed by atoms with Gasteiger partial charge in [0.15, 0.2) is 11.5 Å². The Labute approximate surface area is 126 Å². The summed E-state index contributed by atoms with van der Waals surface area (Å²) in [6.45, 7) is 2.13. The number of amides is 1. The molecular formula is C14H16N4O4. The van der Waals surface area contributed by atoms with Crippen LogP contribution in [0.2, 0.25) is 0 Å². The second kappa shape index (κ2) is 5.92. The number of aromatic nitrogens is 2. The fraction of sp³-hybridized carbons (Fsp3) is 0.357. The number of fused-ring (bicyclic) bond motifs is 1. The van der Waals surface area contributed by atoms with E-state index in [1.165, 1.54) is 0 Å². The van der Waals surface area contributed by atoms with Gasteiger partial charge in [0.25, 0.3) is 11.9 Å². The van der Waals surface area contributed by atoms with Gasteiger partial charge in [-0.15, -0.1) is 0 Å². The largest absolute Gasteiger partial charge is 0.482 e. The molecule has 8 heteroatoms. The first-order chi connectivity index (χ1) is 10.6. The molecular weight excluding hydrogens is 288 g/mol. The molecule has 0 saturated carbocycles. The molecule has 3 N–H and O–H groups in total. The van der Waals surface area contributed by atoms with Crippen LogP contribution in [0.3, 0.4) is 0 Å². The van der Waals surface area contributed by atoms with Gasteiger partial charge in [-0.25, -0.2) is 0 Å². The van der Waals surface area contributed by atoms with Crippen LogP contribution >= 0.6 is 0 Å². The first-order valence-corrected chi connectivity index (χ1v) is 6.91. The molecule has 2 atom stereocenters. The van der Waals surface area contributed by atoms with E-state index in [4.69, 9.17) is 19.7 Å². The number of nitrogens with two attached hydrogens (primary N) is 1. The van der Waals surface area contributed by atoms with Crippen molar-refractivity contribution in [3.63, 3.8) is 0 Å². The molecule has 1 aromatic heterocycles. The van der Waals surface area contributed by atoms with Gasteiger partial charge in [-0.3, -0.25) is 4.79 Å². The number of carbonyl (C=O) groups is 1. The molecule has 1 aliphatic rings. The van der Waals surface area contributed by atoms with Crippen LogP contribution in [0.15, 0.2) is 28.8 Å². The third kappa shape index (κ3) is 2.95. The number of ether oxygens (including phenoxy) is 2. The number of hydrogen-bond acceptors (Lipinski definition) is 7. The third-order valence-electron chi connectivity index (χ3n) is 3.22. The van der Waals surface area contributed by atoms with Crippen molar-refractivity contribution in [2.24, 2.45) is 0 Å². The molecule has 2 aromatic rings. The highest BCUT2D eigenvalue weighted by atomic mass is 16.6. The van der Waals surface area contributed by atoms with Crippen LogP contribution in [0, 0.1) is 0 Å². The molecule has 22 heavy (non-hydrogen) atoms. The summed E-state index contributed by atoms with van der Waals surface area (Å²) in [7, 11) is 0. The minimum Gasteiger partial charge on any atom is -0.482 e. The van der Waals surface area contributed by atoms with Gasteiger partial charge in [0.1, 0.15) is 6.10 Å². The Balaban J connectivity index is 1.56. The van der Waals surface area contributed by atoms with Crippen molar-refractivity contribution < 1.29 is 18.8 Å². The van der Waals surface area contributed by atoms with E-state index in [0.29, 0.717) is 30.4 Å². The Morgan fingerprint density at radius 3 is 2.73 bits per heavy atom. The zero-order valence-corrected chi connectivity index (χ0v) is 12.0. The molecule has 1 aliphatic heterocycles. The van der Waals surface area contributed by atoms with Crippen LogP contribution in [0.1, 0.15) is 12.8 Å². The third-order valence-corrected chi connectivity index (χ3v) is 3.22. The van der Waals surface area contributed by atoms with Crippen molar-refractivity contribution in [3.05, 3.63) is 30.2 Å². The minimum atomic E-state index is -0.706. The van der Waals surface area contributed by atoms with E-state index in [9.17, 15) is 4.79 Å². The van der Waals surface area contributed by atoms with Crippen LogP contribution in [0.5, 0.6) is 11.5 Å². The maximum atomic E-state index is 12.2. The number of anilines is 1. The summed E-state index contributed by atoms with van der Waals surface area (Å²) < 4.78 is 16.3. The van der Waals surface area contributed by atoms with Gasteiger partial charge in [0.2, 0.25) is 12.0 Å². The highest BCUT2D eigenvalue weighted by Crippen LogP contribution is 2.33. The molecule has 0 radical (unpaired) electrons. The Kier molecular flexibility index (Phi) is 3.82. The number of para-hydroxylation sites is 2. The van der Waals surface area contributed by atoms with Crippen molar-refractivity contribution in [1.29, 1.82) is 0 Å². The van der Waals surface area contributed by atoms with Gasteiger partial charge >= 0.3 is 0 Å². The maximum Gasteiger partial charge on any atom is 0.265 e. The van der Waals surface area contributed by atoms with Crippen molar-refractivity contribution in [2.75, 3.05) is 12.3 Å². The molecule has 0 fully saturated rings. The Morgan fingerprint density at radius 2 is 2.05 bits per heavy atom. The average Bonchev–Trinajstić information content (AvgIpc) is 2.92. The SMILES string of the molecule is C[C@H]1Oc2ccccc2O[C@H]1C(=O)NCCc1nc(N)no1. The van der Waals surface area contributed by atoms with E-state index in [1.54, 1.807) is 19.1 Å². The van der Waals surface area contributed by atoms with Crippen LogP contribution < -0.4 is 20.5 Å². The summed E-state index contributed by atoms with van der Waals surface area (Å²) in [5, 5.41) is 6.23. The van der Waals surface area contributed by atoms with Crippen LogP contribution in [-0.4, -0.2) is 34.8 Å². The molecule has 0 bridgehead atoms. The molecule has 0 saturated heterocycles. The van der Waals surface area contributed by atoms with Crippen molar-refractivity contribution in [1.82, 2.24) is 15.5 Å². The monoisotopic (exact) mass is 304 g/mol. The van der Waals surface area contributed by atoms with E-state index in [-0.39, 0.29) is 18.0 Å². The molecule has 0 aliphatic carbocycles. The average molecular weight is 304 g/mol. The van der Waals surface area contributed by atoms with Crippen LogP contribution in [0.4, 0.5) is 5.95 Å². The quantitative estimate of drug-likeness (QED) is 0.847. The van der Waals surface area contributed by atoms with Gasteiger partial charge < -0.3 is 25.0 Å². The first-order valence-electron chi connectivity index (χ1n) is 6.91. The molecule has 1 aromatic carbocycles. The van der Waals surface area contributed by atoms with E-state index in [1.807, 2.05) is 12.1 Å². The molecule has 3 rings (SSSR count). The highest BCUT2D eigenvalue weighted by molar-refractivity contribution is 5.82. The summed E-state index contributed by atoms with van der Waals surface area (Å²) in [5.74, 6) is 1.40. The molecule has 0 unspecified atom stereocenters. The van der Waals surface area contributed by atoms with E-state index in [2.05, 4.69) is 15.5 Å². The number of nitrogen functional groups attached to an aromatic ring is 1. The van der Waals surface area contributed by atoms with Crippen molar-refractivity contribution in [2.45, 2.75) is 25.6 Å². The highest BCUT2D eigenvalue weighted by Gasteiger charge is 2.33. The Bertz CT molecular complexity index is 672. The lowest BCUT2D eigenvalue weighted by Crippen LogP contribution is -2.49. The fourth-order valence-corrected chi connectivity index (χ4v) is 2.17. The summed E-state index contributed by atoms with van der Waals surface area (Å²) in [6.07, 6.45) is -0.689.